The van der Waals surface area contributed by atoms with Crippen LogP contribution >= 0.6 is 0 Å². The summed E-state index contributed by atoms with van der Waals surface area (Å²) >= 11 is 0. The molecule has 3 fully saturated rings. The fourth-order valence-electron chi connectivity index (χ4n) is 4.24. The summed E-state index contributed by atoms with van der Waals surface area (Å²) in [7, 11) is -7.47. The zero-order chi connectivity index (χ0) is 24.9. The highest BCUT2D eigenvalue weighted by Crippen LogP contribution is 2.59. The molecule has 0 radical (unpaired) electrons. The van der Waals surface area contributed by atoms with E-state index in [2.05, 4.69) is 4.74 Å². The van der Waals surface area contributed by atoms with Gasteiger partial charge in [0.15, 0.2) is 0 Å². The van der Waals surface area contributed by atoms with Gasteiger partial charge < -0.3 is 9.47 Å². The second-order valence-electron chi connectivity index (χ2n) is 7.56. The monoisotopic (exact) mass is 512 g/mol. The number of esters is 2. The molecule has 0 aromatic heterocycles. The van der Waals surface area contributed by atoms with Crippen molar-refractivity contribution in [2.24, 2.45) is 17.8 Å². The molecule has 0 amide bonds. The van der Waals surface area contributed by atoms with Crippen molar-refractivity contribution in [1.82, 2.24) is 0 Å². The Morgan fingerprint density at radius 2 is 1.47 bits per heavy atom. The summed E-state index contributed by atoms with van der Waals surface area (Å²) in [5.41, 5.74) is 0. The van der Waals surface area contributed by atoms with E-state index in [1.165, 1.54) is 0 Å². The third kappa shape index (κ3) is 2.86. The van der Waals surface area contributed by atoms with Crippen LogP contribution in [0.1, 0.15) is 12.8 Å². The van der Waals surface area contributed by atoms with E-state index >= 15 is 0 Å². The molecule has 0 aromatic rings. The number of hydrogen-bond donors (Lipinski definition) is 1. The molecule has 1 N–H and O–H groups in total. The minimum absolute atomic E-state index is 0.00286. The number of halogens is 10. The predicted molar refractivity (Wildman–Crippen MR) is 75.7 cm³/mol. The first-order chi connectivity index (χ1) is 14.1. The minimum Gasteiger partial charge on any atom is -0.458 e. The Hall–Kier alpha value is -1.85. The molecule has 7 nitrogen and oxygen atoms in total. The number of carbonyl (C=O) groups excluding carboxylic acids is 2. The summed E-state index contributed by atoms with van der Waals surface area (Å²) in [5.74, 6) is -30.2. The minimum atomic E-state index is -7.90. The van der Waals surface area contributed by atoms with Gasteiger partial charge in [-0.25, -0.2) is 9.18 Å². The average Bonchev–Trinajstić information content (AvgIpc) is 3.23. The van der Waals surface area contributed by atoms with Gasteiger partial charge in [0.1, 0.15) is 12.2 Å². The van der Waals surface area contributed by atoms with Crippen molar-refractivity contribution in [1.29, 1.82) is 0 Å². The van der Waals surface area contributed by atoms with E-state index in [1.54, 1.807) is 0 Å². The van der Waals surface area contributed by atoms with Crippen LogP contribution < -0.4 is 0 Å². The standard InChI is InChI=1S/C14H10F10O7S/c15-10(32(27,28)29,11(16,17)12(18,19)13(20,21)14(22,23)24)9(26)31-6-3-1-4-5(2-3)8(25)30-7(4)6/h3-7H,1-2H2,(H,27,28,29). The fourth-order valence-corrected chi connectivity index (χ4v) is 4.95. The van der Waals surface area contributed by atoms with Crippen molar-refractivity contribution in [3.05, 3.63) is 0 Å². The molecule has 0 aromatic carbocycles. The summed E-state index contributed by atoms with van der Waals surface area (Å²) in [6, 6.07) is 0. The highest BCUT2D eigenvalue weighted by molar-refractivity contribution is 7.88. The van der Waals surface area contributed by atoms with Crippen LogP contribution in [0, 0.1) is 17.8 Å². The van der Waals surface area contributed by atoms with Crippen LogP contribution in [0.3, 0.4) is 0 Å². The Labute approximate surface area is 170 Å². The molecular formula is C14H10F10O7S. The molecule has 1 saturated heterocycles. The zero-order valence-electron chi connectivity index (χ0n) is 14.9. The Bertz CT molecular complexity index is 948. The molecule has 1 aliphatic heterocycles. The molecular weight excluding hydrogens is 502 g/mol. The third-order valence-corrected chi connectivity index (χ3v) is 6.96. The van der Waals surface area contributed by atoms with Crippen molar-refractivity contribution < 1.29 is 75.9 Å². The van der Waals surface area contributed by atoms with E-state index in [0.29, 0.717) is 0 Å². The van der Waals surface area contributed by atoms with Gasteiger partial charge in [-0.1, -0.05) is 0 Å². The van der Waals surface area contributed by atoms with Crippen molar-refractivity contribution in [2.45, 2.75) is 54.0 Å². The van der Waals surface area contributed by atoms with E-state index in [4.69, 9.17) is 9.29 Å². The molecule has 184 valence electrons. The number of carbonyl (C=O) groups is 2. The molecule has 0 spiro atoms. The van der Waals surface area contributed by atoms with Crippen molar-refractivity contribution >= 4 is 22.1 Å². The molecule has 32 heavy (non-hydrogen) atoms. The molecule has 3 rings (SSSR count). The number of hydrogen-bond acceptors (Lipinski definition) is 6. The molecule has 2 saturated carbocycles. The average molecular weight is 512 g/mol. The molecule has 3 aliphatic rings. The first kappa shape index (κ1) is 24.8. The Balaban J connectivity index is 2.02. The summed E-state index contributed by atoms with van der Waals surface area (Å²) in [6.07, 6.45) is -10.9. The third-order valence-electron chi connectivity index (χ3n) is 5.82. The highest BCUT2D eigenvalue weighted by atomic mass is 32.2. The lowest BCUT2D eigenvalue weighted by molar-refractivity contribution is -0.404. The van der Waals surface area contributed by atoms with Gasteiger partial charge in [0.05, 0.1) is 5.92 Å². The van der Waals surface area contributed by atoms with E-state index in [-0.39, 0.29) is 12.8 Å². The predicted octanol–water partition coefficient (Wildman–Crippen LogP) is 2.50. The van der Waals surface area contributed by atoms with E-state index in [0.717, 1.165) is 0 Å². The maximum atomic E-state index is 14.7. The van der Waals surface area contributed by atoms with Crippen molar-refractivity contribution in [3.8, 4) is 0 Å². The maximum absolute atomic E-state index is 14.7. The van der Waals surface area contributed by atoms with Gasteiger partial charge in [0, 0.05) is 11.8 Å². The van der Waals surface area contributed by atoms with Crippen LogP contribution in [0.15, 0.2) is 0 Å². The van der Waals surface area contributed by atoms with E-state index in [1.807, 2.05) is 0 Å². The van der Waals surface area contributed by atoms with Crippen LogP contribution in [-0.4, -0.2) is 66.1 Å². The van der Waals surface area contributed by atoms with E-state index < -0.39 is 81.0 Å². The van der Waals surface area contributed by atoms with Crippen LogP contribution in [0.4, 0.5) is 43.9 Å². The number of alkyl halides is 10. The van der Waals surface area contributed by atoms with Crippen LogP contribution in [0.5, 0.6) is 0 Å². The Morgan fingerprint density at radius 1 is 0.938 bits per heavy atom. The van der Waals surface area contributed by atoms with Crippen molar-refractivity contribution in [3.63, 3.8) is 0 Å². The SMILES string of the molecule is O=C1OC2C3CC(CC13)C2OC(=O)C(F)(C(F)(F)C(F)(F)C(F)(F)C(F)(F)F)S(=O)(=O)O. The lowest BCUT2D eigenvalue weighted by Gasteiger charge is -2.38. The van der Waals surface area contributed by atoms with Crippen molar-refractivity contribution in [2.75, 3.05) is 0 Å². The summed E-state index contributed by atoms with van der Waals surface area (Å²) < 4.78 is 173. The molecule has 2 bridgehead atoms. The second kappa shape index (κ2) is 6.60. The number of ether oxygens (including phenoxy) is 2. The summed E-state index contributed by atoms with van der Waals surface area (Å²) in [4.78, 5) is 23.5. The largest absolute Gasteiger partial charge is 0.460 e. The Kier molecular flexibility index (Phi) is 5.11. The fraction of sp³-hybridized carbons (Fsp3) is 0.857. The number of fused-ring (bicyclic) bond motifs is 1. The lowest BCUT2D eigenvalue weighted by Crippen LogP contribution is -2.71. The first-order valence-corrected chi connectivity index (χ1v) is 9.84. The molecule has 6 atom stereocenters. The lowest BCUT2D eigenvalue weighted by atomic mass is 9.88. The van der Waals surface area contributed by atoms with Crippen LogP contribution in [0.2, 0.25) is 0 Å². The van der Waals surface area contributed by atoms with Gasteiger partial charge in [0.2, 0.25) is 0 Å². The zero-order valence-corrected chi connectivity index (χ0v) is 15.7. The molecule has 18 heteroatoms. The molecule has 1 heterocycles. The molecule has 2 aliphatic carbocycles. The van der Waals surface area contributed by atoms with Gasteiger partial charge in [0.25, 0.3) is 0 Å². The second-order valence-corrected chi connectivity index (χ2v) is 9.08. The topological polar surface area (TPSA) is 107 Å². The number of rotatable bonds is 6. The smallest absolute Gasteiger partial charge is 0.458 e. The Morgan fingerprint density at radius 3 is 1.94 bits per heavy atom. The van der Waals surface area contributed by atoms with Gasteiger partial charge in [-0.2, -0.15) is 47.9 Å². The van der Waals surface area contributed by atoms with Gasteiger partial charge >= 0.3 is 51.0 Å². The van der Waals surface area contributed by atoms with Gasteiger partial charge in [-0.15, -0.1) is 0 Å². The first-order valence-electron chi connectivity index (χ1n) is 8.40. The van der Waals surface area contributed by atoms with E-state index in [9.17, 15) is 61.9 Å². The van der Waals surface area contributed by atoms with Crippen LogP contribution in [-0.2, 0) is 29.2 Å². The molecule has 6 unspecified atom stereocenters. The van der Waals surface area contributed by atoms with Gasteiger partial charge in [-0.3, -0.25) is 9.35 Å². The summed E-state index contributed by atoms with van der Waals surface area (Å²) in [5, 5.41) is -6.79. The summed E-state index contributed by atoms with van der Waals surface area (Å²) in [6.45, 7) is 0. The maximum Gasteiger partial charge on any atom is 0.460 e. The normalized spacial score (nSPS) is 32.6. The quantitative estimate of drug-likeness (QED) is 0.331. The van der Waals surface area contributed by atoms with Gasteiger partial charge in [-0.05, 0) is 12.8 Å². The highest BCUT2D eigenvalue weighted by Gasteiger charge is 2.91. The van der Waals surface area contributed by atoms with Crippen LogP contribution in [0.25, 0.3) is 0 Å².